The lowest BCUT2D eigenvalue weighted by molar-refractivity contribution is -0.132. The van der Waals surface area contributed by atoms with Crippen molar-refractivity contribution in [2.24, 2.45) is 10.7 Å². The number of hydrogen-bond acceptors (Lipinski definition) is 4. The molecule has 2 aliphatic rings. The number of primary amides is 1. The summed E-state index contributed by atoms with van der Waals surface area (Å²) in [6, 6.07) is 13.5. The summed E-state index contributed by atoms with van der Waals surface area (Å²) in [6.45, 7) is 3.97. The Morgan fingerprint density at radius 3 is 2.52 bits per heavy atom. The summed E-state index contributed by atoms with van der Waals surface area (Å²) in [6.07, 6.45) is 5.69. The Labute approximate surface area is 182 Å². The predicted octanol–water partition coefficient (Wildman–Crippen LogP) is 3.07. The van der Waals surface area contributed by atoms with Crippen LogP contribution in [0, 0.1) is 6.92 Å². The van der Waals surface area contributed by atoms with Crippen LogP contribution in [0.15, 0.2) is 59.6 Å². The van der Waals surface area contributed by atoms with Crippen LogP contribution in [0.25, 0.3) is 0 Å². The van der Waals surface area contributed by atoms with Crippen LogP contribution in [0.2, 0.25) is 0 Å². The lowest BCUT2D eigenvalue weighted by Gasteiger charge is -2.32. The van der Waals surface area contributed by atoms with Gasteiger partial charge in [0.05, 0.1) is 24.2 Å². The first-order valence-corrected chi connectivity index (χ1v) is 10.6. The lowest BCUT2D eigenvalue weighted by atomic mass is 10.0. The smallest absolute Gasteiger partial charge is 0.252 e. The zero-order valence-electron chi connectivity index (χ0n) is 17.7. The summed E-state index contributed by atoms with van der Waals surface area (Å²) >= 11 is 0. The summed E-state index contributed by atoms with van der Waals surface area (Å²) in [5.41, 5.74) is 9.87. The maximum absolute atomic E-state index is 12.6. The van der Waals surface area contributed by atoms with Crippen LogP contribution >= 0.6 is 0 Å². The van der Waals surface area contributed by atoms with Crippen LogP contribution < -0.4 is 10.5 Å². The fourth-order valence-electron chi connectivity index (χ4n) is 3.94. The van der Waals surface area contributed by atoms with Gasteiger partial charge in [-0.15, -0.1) is 0 Å². The summed E-state index contributed by atoms with van der Waals surface area (Å²) in [5, 5.41) is 0. The maximum Gasteiger partial charge on any atom is 0.252 e. The average Bonchev–Trinajstić information content (AvgIpc) is 3.31. The van der Waals surface area contributed by atoms with E-state index in [1.54, 1.807) is 12.1 Å². The molecule has 2 aromatic rings. The Hall–Kier alpha value is -3.41. The monoisotopic (exact) mass is 417 g/mol. The van der Waals surface area contributed by atoms with Crippen molar-refractivity contribution in [3.8, 4) is 5.75 Å². The summed E-state index contributed by atoms with van der Waals surface area (Å²) in [4.78, 5) is 30.9. The second-order valence-corrected chi connectivity index (χ2v) is 8.06. The van der Waals surface area contributed by atoms with Crippen molar-refractivity contribution in [3.05, 3.63) is 76.9 Å². The number of ether oxygens (including phenoxy) is 1. The number of nitrogens with two attached hydrogens (primary N) is 1. The molecular weight excluding hydrogens is 390 g/mol. The van der Waals surface area contributed by atoms with Crippen LogP contribution in [0.4, 0.5) is 0 Å². The first-order chi connectivity index (χ1) is 15.0. The van der Waals surface area contributed by atoms with Gasteiger partial charge in [0.1, 0.15) is 11.9 Å². The number of nitrogens with zero attached hydrogens (tertiary/aromatic N) is 2. The molecule has 0 spiro atoms. The molecule has 0 aromatic heterocycles. The van der Waals surface area contributed by atoms with Crippen LogP contribution in [0.5, 0.6) is 5.75 Å². The van der Waals surface area contributed by atoms with Gasteiger partial charge in [0, 0.05) is 31.5 Å². The zero-order chi connectivity index (χ0) is 21.8. The zero-order valence-corrected chi connectivity index (χ0v) is 17.7. The normalized spacial score (nSPS) is 16.3. The van der Waals surface area contributed by atoms with E-state index in [1.807, 2.05) is 54.3 Å². The minimum Gasteiger partial charge on any atom is -0.489 e. The van der Waals surface area contributed by atoms with E-state index in [4.69, 9.17) is 10.5 Å². The fourth-order valence-corrected chi connectivity index (χ4v) is 3.94. The Balaban J connectivity index is 1.36. The summed E-state index contributed by atoms with van der Waals surface area (Å²) < 4.78 is 6.13. The van der Waals surface area contributed by atoms with Crippen molar-refractivity contribution >= 4 is 17.5 Å². The second-order valence-electron chi connectivity index (χ2n) is 8.06. The molecule has 2 aliphatic heterocycles. The Morgan fingerprint density at radius 1 is 1.13 bits per heavy atom. The van der Waals surface area contributed by atoms with Crippen molar-refractivity contribution in [2.45, 2.75) is 32.3 Å². The highest BCUT2D eigenvalue weighted by molar-refractivity contribution is 6.11. The summed E-state index contributed by atoms with van der Waals surface area (Å²) in [7, 11) is 0. The minimum atomic E-state index is -0.523. The average molecular weight is 418 g/mol. The van der Waals surface area contributed by atoms with E-state index in [2.05, 4.69) is 4.99 Å². The molecule has 1 saturated heterocycles. The van der Waals surface area contributed by atoms with Gasteiger partial charge in [-0.05, 0) is 36.8 Å². The number of carbonyl (C=O) groups is 2. The van der Waals surface area contributed by atoms with Gasteiger partial charge >= 0.3 is 0 Å². The highest BCUT2D eigenvalue weighted by Crippen LogP contribution is 2.25. The molecule has 0 aliphatic carbocycles. The predicted molar refractivity (Wildman–Crippen MR) is 121 cm³/mol. The number of aryl methyl sites for hydroxylation is 1. The summed E-state index contributed by atoms with van der Waals surface area (Å²) in [5.74, 6) is 0.100. The molecule has 2 heterocycles. The van der Waals surface area contributed by atoms with Crippen molar-refractivity contribution in [1.82, 2.24) is 4.90 Å². The van der Waals surface area contributed by atoms with E-state index >= 15 is 0 Å². The fraction of sp³-hybridized carbons (Fsp3) is 0.320. The number of rotatable bonds is 6. The van der Waals surface area contributed by atoms with Crippen molar-refractivity contribution in [2.75, 3.05) is 19.6 Å². The molecule has 4 rings (SSSR count). The Morgan fingerprint density at radius 2 is 1.87 bits per heavy atom. The number of amides is 2. The number of allylic oxidation sites excluding steroid dienone is 1. The lowest BCUT2D eigenvalue weighted by Crippen LogP contribution is -2.42. The molecule has 2 aromatic carbocycles. The molecule has 160 valence electrons. The van der Waals surface area contributed by atoms with Gasteiger partial charge in [0.2, 0.25) is 5.91 Å². The van der Waals surface area contributed by atoms with Gasteiger partial charge in [-0.1, -0.05) is 35.9 Å². The number of aliphatic imine (C=N–C) groups is 1. The van der Waals surface area contributed by atoms with Gasteiger partial charge in [0.25, 0.3) is 5.91 Å². The van der Waals surface area contributed by atoms with Gasteiger partial charge in [-0.3, -0.25) is 14.6 Å². The quantitative estimate of drug-likeness (QED) is 0.784. The third kappa shape index (κ3) is 5.02. The molecule has 0 bridgehead atoms. The molecule has 31 heavy (non-hydrogen) atoms. The Bertz CT molecular complexity index is 1030. The van der Waals surface area contributed by atoms with Crippen LogP contribution in [0.3, 0.4) is 0 Å². The molecular formula is C25H27N3O3. The van der Waals surface area contributed by atoms with Crippen molar-refractivity contribution in [3.63, 3.8) is 0 Å². The highest BCUT2D eigenvalue weighted by Gasteiger charge is 2.25. The number of carbonyl (C=O) groups excluding carboxylic acids is 2. The molecule has 2 N–H and O–H groups in total. The first-order valence-electron chi connectivity index (χ1n) is 10.6. The van der Waals surface area contributed by atoms with E-state index in [-0.39, 0.29) is 12.0 Å². The molecule has 0 saturated carbocycles. The number of piperidine rings is 1. The second kappa shape index (κ2) is 9.16. The maximum atomic E-state index is 12.6. The third-order valence-corrected chi connectivity index (χ3v) is 5.75. The molecule has 2 amide bonds. The molecule has 0 atom stereocenters. The van der Waals surface area contributed by atoms with Gasteiger partial charge in [-0.2, -0.15) is 0 Å². The standard InChI is InChI=1S/C25H27N3O3/c1-17-4-6-18(7-5-17)15-24(29)28-13-10-20(11-14-28)31-23-9-8-19(16-21(23)25(26)30)22-3-2-12-27-22/h2-9,16,20H,10-15H2,1H3,(H2,26,30). The number of hydrogen-bond donors (Lipinski definition) is 1. The van der Waals surface area contributed by atoms with E-state index in [1.165, 1.54) is 5.56 Å². The van der Waals surface area contributed by atoms with Crippen LogP contribution in [-0.2, 0) is 11.2 Å². The largest absolute Gasteiger partial charge is 0.489 e. The van der Waals surface area contributed by atoms with E-state index in [0.717, 1.165) is 29.7 Å². The van der Waals surface area contributed by atoms with Gasteiger partial charge in [-0.25, -0.2) is 0 Å². The highest BCUT2D eigenvalue weighted by atomic mass is 16.5. The number of benzene rings is 2. The van der Waals surface area contributed by atoms with E-state index < -0.39 is 5.91 Å². The molecule has 0 radical (unpaired) electrons. The van der Waals surface area contributed by atoms with Gasteiger partial charge < -0.3 is 15.4 Å². The van der Waals surface area contributed by atoms with Crippen molar-refractivity contribution in [1.29, 1.82) is 0 Å². The first kappa shape index (κ1) is 20.8. The van der Waals surface area contributed by atoms with Crippen LogP contribution in [-0.4, -0.2) is 48.2 Å². The van der Waals surface area contributed by atoms with Gasteiger partial charge in [0.15, 0.2) is 0 Å². The van der Waals surface area contributed by atoms with Crippen LogP contribution in [0.1, 0.15) is 39.9 Å². The molecule has 1 fully saturated rings. The Kier molecular flexibility index (Phi) is 6.16. The minimum absolute atomic E-state index is 0.0592. The molecule has 0 unspecified atom stereocenters. The van der Waals surface area contributed by atoms with E-state index in [0.29, 0.717) is 37.4 Å². The molecule has 6 heteroatoms. The number of likely N-dealkylation sites (tertiary alicyclic amines) is 1. The van der Waals surface area contributed by atoms with Crippen molar-refractivity contribution < 1.29 is 14.3 Å². The third-order valence-electron chi connectivity index (χ3n) is 5.75. The van der Waals surface area contributed by atoms with E-state index in [9.17, 15) is 9.59 Å². The molecule has 6 nitrogen and oxygen atoms in total. The topological polar surface area (TPSA) is 85.0 Å². The SMILES string of the molecule is Cc1ccc(CC(=O)N2CCC(Oc3ccc(C4=NCC=C4)cc3C(N)=O)CC2)cc1.